The van der Waals surface area contributed by atoms with Crippen molar-refractivity contribution in [3.63, 3.8) is 0 Å². The number of nitrogens with zero attached hydrogens (tertiary/aromatic N) is 1. The number of hydrogen-bond acceptors (Lipinski definition) is 3. The lowest BCUT2D eigenvalue weighted by molar-refractivity contribution is 0.412. The van der Waals surface area contributed by atoms with Crippen LogP contribution in [0.3, 0.4) is 0 Å². The molecule has 0 saturated carbocycles. The van der Waals surface area contributed by atoms with Crippen LogP contribution < -0.4 is 0 Å². The Hall–Kier alpha value is 0.0900. The standard InChI is InChI=1S/C8H12BrNO2S2/c1-6(2)10(3)14(11,12)8-5-4-7(9)13-8/h4-6H,1-3H3. The second kappa shape index (κ2) is 4.30. The van der Waals surface area contributed by atoms with Gasteiger partial charge in [0.05, 0.1) is 3.79 Å². The lowest BCUT2D eigenvalue weighted by atomic mass is 10.4. The summed E-state index contributed by atoms with van der Waals surface area (Å²) in [7, 11) is -1.70. The van der Waals surface area contributed by atoms with Gasteiger partial charge in [-0.2, -0.15) is 4.31 Å². The molecule has 0 fully saturated rings. The summed E-state index contributed by atoms with van der Waals surface area (Å²) in [5, 5.41) is 0. The highest BCUT2D eigenvalue weighted by Crippen LogP contribution is 2.28. The fraction of sp³-hybridized carbons (Fsp3) is 0.500. The van der Waals surface area contributed by atoms with Gasteiger partial charge < -0.3 is 0 Å². The second-order valence-corrected chi connectivity index (χ2v) is 7.86. The third kappa shape index (κ3) is 2.36. The van der Waals surface area contributed by atoms with E-state index in [0.29, 0.717) is 4.21 Å². The Kier molecular flexibility index (Phi) is 3.74. The van der Waals surface area contributed by atoms with Crippen LogP contribution in [0.2, 0.25) is 0 Å². The lowest BCUT2D eigenvalue weighted by Crippen LogP contribution is -2.32. The number of rotatable bonds is 3. The third-order valence-corrected chi connectivity index (χ3v) is 6.03. The maximum absolute atomic E-state index is 11.9. The van der Waals surface area contributed by atoms with E-state index < -0.39 is 10.0 Å². The van der Waals surface area contributed by atoms with Crippen molar-refractivity contribution in [1.29, 1.82) is 0 Å². The van der Waals surface area contributed by atoms with E-state index in [4.69, 9.17) is 0 Å². The molecule has 1 aromatic heterocycles. The minimum atomic E-state index is -3.30. The molecule has 0 atom stereocenters. The van der Waals surface area contributed by atoms with Crippen LogP contribution in [0.15, 0.2) is 20.1 Å². The quantitative estimate of drug-likeness (QED) is 0.860. The third-order valence-electron chi connectivity index (χ3n) is 1.91. The first-order valence-electron chi connectivity index (χ1n) is 4.09. The van der Waals surface area contributed by atoms with E-state index in [2.05, 4.69) is 15.9 Å². The first kappa shape index (κ1) is 12.2. The first-order chi connectivity index (χ1) is 6.35. The SMILES string of the molecule is CC(C)N(C)S(=O)(=O)c1ccc(Br)s1. The van der Waals surface area contributed by atoms with Crippen LogP contribution in [-0.2, 0) is 10.0 Å². The van der Waals surface area contributed by atoms with E-state index in [-0.39, 0.29) is 6.04 Å². The summed E-state index contributed by atoms with van der Waals surface area (Å²) < 4.78 is 26.4. The molecule has 0 bridgehead atoms. The molecule has 1 rings (SSSR count). The minimum Gasteiger partial charge on any atom is -0.206 e. The van der Waals surface area contributed by atoms with Crippen molar-refractivity contribution in [2.45, 2.75) is 24.1 Å². The van der Waals surface area contributed by atoms with E-state index in [1.54, 1.807) is 19.2 Å². The van der Waals surface area contributed by atoms with Crippen molar-refractivity contribution < 1.29 is 8.42 Å². The van der Waals surface area contributed by atoms with Gasteiger partial charge in [-0.15, -0.1) is 11.3 Å². The van der Waals surface area contributed by atoms with Crippen LogP contribution in [0.1, 0.15) is 13.8 Å². The summed E-state index contributed by atoms with van der Waals surface area (Å²) in [6.45, 7) is 3.69. The maximum atomic E-state index is 11.9. The molecule has 1 aromatic rings. The van der Waals surface area contributed by atoms with Gasteiger partial charge in [0, 0.05) is 13.1 Å². The Labute approximate surface area is 96.9 Å². The molecule has 0 radical (unpaired) electrons. The summed E-state index contributed by atoms with van der Waals surface area (Å²) in [5.74, 6) is 0. The largest absolute Gasteiger partial charge is 0.252 e. The van der Waals surface area contributed by atoms with Crippen LogP contribution in [0.25, 0.3) is 0 Å². The molecule has 0 aliphatic carbocycles. The Bertz CT molecular complexity index is 411. The normalized spacial score (nSPS) is 12.7. The summed E-state index contributed by atoms with van der Waals surface area (Å²) in [4.78, 5) is 0. The zero-order valence-corrected chi connectivity index (χ0v) is 11.4. The Morgan fingerprint density at radius 3 is 2.36 bits per heavy atom. The first-order valence-corrected chi connectivity index (χ1v) is 7.14. The molecule has 0 aliphatic heterocycles. The van der Waals surface area contributed by atoms with Crippen LogP contribution in [0.5, 0.6) is 0 Å². The molecular formula is C8H12BrNO2S2. The lowest BCUT2D eigenvalue weighted by Gasteiger charge is -2.19. The van der Waals surface area contributed by atoms with Gasteiger partial charge in [-0.1, -0.05) is 0 Å². The van der Waals surface area contributed by atoms with Gasteiger partial charge in [0.15, 0.2) is 0 Å². The average molecular weight is 298 g/mol. The molecule has 0 aliphatic rings. The minimum absolute atomic E-state index is 0.0270. The van der Waals surface area contributed by atoms with Crippen molar-refractivity contribution >= 4 is 37.3 Å². The van der Waals surface area contributed by atoms with Crippen molar-refractivity contribution in [1.82, 2.24) is 4.31 Å². The van der Waals surface area contributed by atoms with E-state index in [1.165, 1.54) is 15.6 Å². The highest BCUT2D eigenvalue weighted by Gasteiger charge is 2.24. The zero-order chi connectivity index (χ0) is 10.9. The van der Waals surface area contributed by atoms with E-state index in [9.17, 15) is 8.42 Å². The summed E-state index contributed by atoms with van der Waals surface area (Å²) in [6, 6.07) is 3.33. The summed E-state index contributed by atoms with van der Waals surface area (Å²) >= 11 is 4.47. The number of hydrogen-bond donors (Lipinski definition) is 0. The van der Waals surface area contributed by atoms with Crippen molar-refractivity contribution in [2.75, 3.05) is 7.05 Å². The highest BCUT2D eigenvalue weighted by molar-refractivity contribution is 9.11. The van der Waals surface area contributed by atoms with Crippen LogP contribution in [0.4, 0.5) is 0 Å². The number of halogens is 1. The molecule has 14 heavy (non-hydrogen) atoms. The van der Waals surface area contributed by atoms with Gasteiger partial charge in [-0.25, -0.2) is 8.42 Å². The van der Waals surface area contributed by atoms with Crippen LogP contribution in [0, 0.1) is 0 Å². The molecular weight excluding hydrogens is 286 g/mol. The van der Waals surface area contributed by atoms with Gasteiger partial charge in [-0.05, 0) is 41.9 Å². The molecule has 6 heteroatoms. The summed E-state index contributed by atoms with van der Waals surface area (Å²) in [6.07, 6.45) is 0. The molecule has 0 saturated heterocycles. The highest BCUT2D eigenvalue weighted by atomic mass is 79.9. The van der Waals surface area contributed by atoms with Crippen LogP contribution in [-0.4, -0.2) is 25.8 Å². The molecule has 3 nitrogen and oxygen atoms in total. The summed E-state index contributed by atoms with van der Waals surface area (Å²) in [5.41, 5.74) is 0. The fourth-order valence-corrected chi connectivity index (χ4v) is 4.42. The number of sulfonamides is 1. The number of thiophene rings is 1. The van der Waals surface area contributed by atoms with E-state index >= 15 is 0 Å². The fourth-order valence-electron chi connectivity index (χ4n) is 0.856. The van der Waals surface area contributed by atoms with Crippen LogP contribution >= 0.6 is 27.3 Å². The van der Waals surface area contributed by atoms with Crippen molar-refractivity contribution in [2.24, 2.45) is 0 Å². The van der Waals surface area contributed by atoms with Crippen molar-refractivity contribution in [3.8, 4) is 0 Å². The molecule has 80 valence electrons. The molecule has 0 amide bonds. The van der Waals surface area contributed by atoms with Gasteiger partial charge in [0.2, 0.25) is 0 Å². The van der Waals surface area contributed by atoms with Gasteiger partial charge >= 0.3 is 0 Å². The Balaban J connectivity index is 3.09. The van der Waals surface area contributed by atoms with E-state index in [0.717, 1.165) is 3.79 Å². The predicted molar refractivity (Wildman–Crippen MR) is 62.1 cm³/mol. The van der Waals surface area contributed by atoms with Crippen molar-refractivity contribution in [3.05, 3.63) is 15.9 Å². The second-order valence-electron chi connectivity index (χ2n) is 3.17. The van der Waals surface area contributed by atoms with E-state index in [1.807, 2.05) is 13.8 Å². The molecule has 0 spiro atoms. The average Bonchev–Trinajstić information content (AvgIpc) is 2.50. The molecule has 0 unspecified atom stereocenters. The van der Waals surface area contributed by atoms with Gasteiger partial charge in [-0.3, -0.25) is 0 Å². The Morgan fingerprint density at radius 1 is 1.43 bits per heavy atom. The molecule has 1 heterocycles. The Morgan fingerprint density at radius 2 is 2.00 bits per heavy atom. The maximum Gasteiger partial charge on any atom is 0.252 e. The van der Waals surface area contributed by atoms with Gasteiger partial charge in [0.25, 0.3) is 10.0 Å². The van der Waals surface area contributed by atoms with Gasteiger partial charge in [0.1, 0.15) is 4.21 Å². The predicted octanol–water partition coefficient (Wildman–Crippen LogP) is 2.54. The smallest absolute Gasteiger partial charge is 0.206 e. The zero-order valence-electron chi connectivity index (χ0n) is 8.19. The molecule has 0 aromatic carbocycles. The topological polar surface area (TPSA) is 37.4 Å². The molecule has 0 N–H and O–H groups in total. The monoisotopic (exact) mass is 297 g/mol.